The number of rotatable bonds is 7. The van der Waals surface area contributed by atoms with Crippen molar-refractivity contribution in [3.05, 3.63) is 12.2 Å². The third-order valence-electron chi connectivity index (χ3n) is 1.49. The van der Waals surface area contributed by atoms with Crippen molar-refractivity contribution in [2.75, 3.05) is 13.2 Å². The lowest BCUT2D eigenvalue weighted by Crippen LogP contribution is -1.94. The SMILES string of the molecule is C/C=C/CCCCOCCC. The molecular weight excluding hydrogens is 136 g/mol. The van der Waals surface area contributed by atoms with E-state index in [1.54, 1.807) is 0 Å². The van der Waals surface area contributed by atoms with Gasteiger partial charge in [-0.2, -0.15) is 0 Å². The van der Waals surface area contributed by atoms with Crippen molar-refractivity contribution in [3.63, 3.8) is 0 Å². The van der Waals surface area contributed by atoms with Gasteiger partial charge in [0.05, 0.1) is 0 Å². The van der Waals surface area contributed by atoms with Crippen LogP contribution in [0.15, 0.2) is 12.2 Å². The Kier molecular flexibility index (Phi) is 9.44. The van der Waals surface area contributed by atoms with Crippen molar-refractivity contribution < 1.29 is 4.74 Å². The Labute approximate surface area is 70.4 Å². The second-order valence-corrected chi connectivity index (χ2v) is 2.68. The zero-order valence-corrected chi connectivity index (χ0v) is 7.81. The van der Waals surface area contributed by atoms with Gasteiger partial charge in [-0.25, -0.2) is 0 Å². The maximum absolute atomic E-state index is 5.34. The molecule has 0 aliphatic rings. The Morgan fingerprint density at radius 1 is 1.18 bits per heavy atom. The van der Waals surface area contributed by atoms with Crippen molar-refractivity contribution in [2.45, 2.75) is 39.5 Å². The van der Waals surface area contributed by atoms with Crippen LogP contribution in [0, 0.1) is 0 Å². The van der Waals surface area contributed by atoms with Crippen molar-refractivity contribution in [3.8, 4) is 0 Å². The predicted octanol–water partition coefficient (Wildman–Crippen LogP) is 3.16. The van der Waals surface area contributed by atoms with Gasteiger partial charge in [-0.15, -0.1) is 0 Å². The maximum atomic E-state index is 5.34. The topological polar surface area (TPSA) is 9.23 Å². The lowest BCUT2D eigenvalue weighted by atomic mass is 10.2. The van der Waals surface area contributed by atoms with E-state index in [4.69, 9.17) is 4.74 Å². The fourth-order valence-corrected chi connectivity index (χ4v) is 0.879. The van der Waals surface area contributed by atoms with Crippen LogP contribution in [0.5, 0.6) is 0 Å². The fraction of sp³-hybridized carbons (Fsp3) is 0.800. The van der Waals surface area contributed by atoms with E-state index in [-0.39, 0.29) is 0 Å². The van der Waals surface area contributed by atoms with Crippen LogP contribution in [0.3, 0.4) is 0 Å². The minimum absolute atomic E-state index is 0.920. The molecule has 0 amide bonds. The third kappa shape index (κ3) is 9.70. The molecule has 0 aromatic carbocycles. The molecule has 0 aliphatic heterocycles. The van der Waals surface area contributed by atoms with Crippen molar-refractivity contribution in [1.29, 1.82) is 0 Å². The highest BCUT2D eigenvalue weighted by Crippen LogP contribution is 1.97. The van der Waals surface area contributed by atoms with Gasteiger partial charge in [-0.05, 0) is 32.6 Å². The first-order chi connectivity index (χ1) is 5.41. The highest BCUT2D eigenvalue weighted by atomic mass is 16.5. The molecular formula is C10H20O. The number of allylic oxidation sites excluding steroid dienone is 2. The number of hydrogen-bond donors (Lipinski definition) is 0. The third-order valence-corrected chi connectivity index (χ3v) is 1.49. The molecule has 0 rings (SSSR count). The summed E-state index contributed by atoms with van der Waals surface area (Å²) in [5.74, 6) is 0. The van der Waals surface area contributed by atoms with E-state index in [2.05, 4.69) is 26.0 Å². The van der Waals surface area contributed by atoms with Crippen LogP contribution in [-0.4, -0.2) is 13.2 Å². The summed E-state index contributed by atoms with van der Waals surface area (Å²) in [6, 6.07) is 0. The smallest absolute Gasteiger partial charge is 0.0466 e. The molecule has 66 valence electrons. The Bertz CT molecular complexity index is 86.9. The van der Waals surface area contributed by atoms with E-state index in [1.807, 2.05) is 0 Å². The van der Waals surface area contributed by atoms with Gasteiger partial charge in [0.2, 0.25) is 0 Å². The summed E-state index contributed by atoms with van der Waals surface area (Å²) in [6.45, 7) is 6.06. The lowest BCUT2D eigenvalue weighted by molar-refractivity contribution is 0.131. The molecule has 0 aliphatic carbocycles. The molecule has 0 aromatic heterocycles. The molecule has 1 nitrogen and oxygen atoms in total. The molecule has 0 bridgehead atoms. The lowest BCUT2D eigenvalue weighted by Gasteiger charge is -1.99. The molecule has 0 atom stereocenters. The average Bonchev–Trinajstić information content (AvgIpc) is 2.03. The largest absolute Gasteiger partial charge is 0.381 e. The van der Waals surface area contributed by atoms with Gasteiger partial charge in [0, 0.05) is 13.2 Å². The second kappa shape index (κ2) is 9.70. The molecule has 0 radical (unpaired) electrons. The van der Waals surface area contributed by atoms with E-state index in [0.29, 0.717) is 0 Å². The summed E-state index contributed by atoms with van der Waals surface area (Å²) in [5.41, 5.74) is 0. The van der Waals surface area contributed by atoms with Gasteiger partial charge < -0.3 is 4.74 Å². The summed E-state index contributed by atoms with van der Waals surface area (Å²) in [7, 11) is 0. The fourth-order valence-electron chi connectivity index (χ4n) is 0.879. The van der Waals surface area contributed by atoms with Gasteiger partial charge in [0.1, 0.15) is 0 Å². The standard InChI is InChI=1S/C10H20O/c1-3-5-6-7-8-10-11-9-4-2/h3,5H,4,6-10H2,1-2H3/b5-3+. The van der Waals surface area contributed by atoms with Gasteiger partial charge in [0.15, 0.2) is 0 Å². The summed E-state index contributed by atoms with van der Waals surface area (Å²) in [5, 5.41) is 0. The summed E-state index contributed by atoms with van der Waals surface area (Å²) >= 11 is 0. The quantitative estimate of drug-likeness (QED) is 0.406. The van der Waals surface area contributed by atoms with Crippen molar-refractivity contribution in [2.24, 2.45) is 0 Å². The first-order valence-corrected chi connectivity index (χ1v) is 4.60. The van der Waals surface area contributed by atoms with E-state index in [1.165, 1.54) is 19.3 Å². The number of unbranched alkanes of at least 4 members (excludes halogenated alkanes) is 2. The van der Waals surface area contributed by atoms with Crippen LogP contribution in [0.2, 0.25) is 0 Å². The van der Waals surface area contributed by atoms with Gasteiger partial charge in [0.25, 0.3) is 0 Å². The van der Waals surface area contributed by atoms with Crippen molar-refractivity contribution in [1.82, 2.24) is 0 Å². The zero-order valence-electron chi connectivity index (χ0n) is 7.81. The monoisotopic (exact) mass is 156 g/mol. The summed E-state index contributed by atoms with van der Waals surface area (Å²) < 4.78 is 5.34. The molecule has 0 heterocycles. The summed E-state index contributed by atoms with van der Waals surface area (Å²) in [4.78, 5) is 0. The molecule has 0 spiro atoms. The molecule has 0 saturated heterocycles. The minimum Gasteiger partial charge on any atom is -0.381 e. The van der Waals surface area contributed by atoms with Gasteiger partial charge in [-0.1, -0.05) is 19.1 Å². The average molecular weight is 156 g/mol. The van der Waals surface area contributed by atoms with E-state index >= 15 is 0 Å². The van der Waals surface area contributed by atoms with Crippen LogP contribution < -0.4 is 0 Å². The van der Waals surface area contributed by atoms with E-state index in [0.717, 1.165) is 19.6 Å². The normalized spacial score (nSPS) is 11.1. The predicted molar refractivity (Wildman–Crippen MR) is 49.8 cm³/mol. The Hall–Kier alpha value is -0.300. The molecule has 0 N–H and O–H groups in total. The van der Waals surface area contributed by atoms with Gasteiger partial charge >= 0.3 is 0 Å². The summed E-state index contributed by atoms with van der Waals surface area (Å²) in [6.07, 6.45) is 9.10. The van der Waals surface area contributed by atoms with E-state index in [9.17, 15) is 0 Å². The second-order valence-electron chi connectivity index (χ2n) is 2.68. The van der Waals surface area contributed by atoms with Crippen LogP contribution in [0.25, 0.3) is 0 Å². The Morgan fingerprint density at radius 2 is 2.00 bits per heavy atom. The first-order valence-electron chi connectivity index (χ1n) is 4.60. The Balaban J connectivity index is 2.79. The number of ether oxygens (including phenoxy) is 1. The molecule has 0 saturated carbocycles. The maximum Gasteiger partial charge on any atom is 0.0466 e. The first kappa shape index (κ1) is 10.7. The molecule has 1 heteroatoms. The Morgan fingerprint density at radius 3 is 2.64 bits per heavy atom. The van der Waals surface area contributed by atoms with Crippen LogP contribution in [-0.2, 0) is 4.74 Å². The van der Waals surface area contributed by atoms with Crippen LogP contribution in [0.1, 0.15) is 39.5 Å². The highest BCUT2D eigenvalue weighted by molar-refractivity contribution is 4.75. The zero-order chi connectivity index (χ0) is 8.36. The van der Waals surface area contributed by atoms with E-state index < -0.39 is 0 Å². The van der Waals surface area contributed by atoms with Crippen LogP contribution >= 0.6 is 0 Å². The molecule has 0 aromatic rings. The van der Waals surface area contributed by atoms with Crippen molar-refractivity contribution >= 4 is 0 Å². The van der Waals surface area contributed by atoms with Gasteiger partial charge in [-0.3, -0.25) is 0 Å². The van der Waals surface area contributed by atoms with Crippen LogP contribution in [0.4, 0.5) is 0 Å². The number of hydrogen-bond acceptors (Lipinski definition) is 1. The minimum atomic E-state index is 0.920. The molecule has 11 heavy (non-hydrogen) atoms. The molecule has 0 unspecified atom stereocenters. The highest BCUT2D eigenvalue weighted by Gasteiger charge is 1.86. The molecule has 0 fully saturated rings.